The van der Waals surface area contributed by atoms with Crippen molar-refractivity contribution < 1.29 is 14.3 Å². The van der Waals surface area contributed by atoms with Crippen LogP contribution in [0.1, 0.15) is 20.3 Å². The number of nitrogens with one attached hydrogen (secondary N) is 2. The van der Waals surface area contributed by atoms with Crippen molar-refractivity contribution in [3.8, 4) is 6.07 Å². The molecule has 6 heteroatoms. The standard InChI is InChI=1S/C12H21N3O3/c1-5-9(2)15-12(16)10(6-13)7-14-8-11(17-3)18-4/h7,9,11,14H,5,8H2,1-4H3,(H,15,16)/b10-7-. The van der Waals surface area contributed by atoms with E-state index < -0.39 is 6.29 Å². The fourth-order valence-corrected chi connectivity index (χ4v) is 1.07. The fourth-order valence-electron chi connectivity index (χ4n) is 1.07. The van der Waals surface area contributed by atoms with Crippen molar-refractivity contribution in [3.05, 3.63) is 11.8 Å². The molecule has 18 heavy (non-hydrogen) atoms. The molecule has 0 spiro atoms. The molecule has 102 valence electrons. The summed E-state index contributed by atoms with van der Waals surface area (Å²) in [5.74, 6) is -0.384. The van der Waals surface area contributed by atoms with Crippen LogP contribution >= 0.6 is 0 Å². The highest BCUT2D eigenvalue weighted by Gasteiger charge is 2.11. The molecule has 0 aromatic rings. The van der Waals surface area contributed by atoms with E-state index in [1.165, 1.54) is 20.4 Å². The monoisotopic (exact) mass is 255 g/mol. The first-order chi connectivity index (χ1) is 8.58. The summed E-state index contributed by atoms with van der Waals surface area (Å²) in [6, 6.07) is 1.89. The fraction of sp³-hybridized carbons (Fsp3) is 0.667. The Kier molecular flexibility index (Phi) is 8.62. The molecule has 0 rings (SSSR count). The number of hydrogen-bond acceptors (Lipinski definition) is 5. The summed E-state index contributed by atoms with van der Waals surface area (Å²) in [4.78, 5) is 11.7. The number of carbonyl (C=O) groups excluding carboxylic acids is 1. The van der Waals surface area contributed by atoms with Crippen molar-refractivity contribution in [1.82, 2.24) is 10.6 Å². The minimum Gasteiger partial charge on any atom is -0.385 e. The second kappa shape index (κ2) is 9.45. The summed E-state index contributed by atoms with van der Waals surface area (Å²) >= 11 is 0. The number of nitrogens with zero attached hydrogens (tertiary/aromatic N) is 1. The first-order valence-electron chi connectivity index (χ1n) is 5.79. The van der Waals surface area contributed by atoms with E-state index in [0.717, 1.165) is 6.42 Å². The molecule has 0 aliphatic carbocycles. The lowest BCUT2D eigenvalue weighted by Gasteiger charge is -2.13. The van der Waals surface area contributed by atoms with Crippen molar-refractivity contribution in [2.24, 2.45) is 0 Å². The van der Waals surface area contributed by atoms with Crippen LogP contribution in [0.15, 0.2) is 11.8 Å². The molecule has 0 saturated carbocycles. The predicted molar refractivity (Wildman–Crippen MR) is 67.4 cm³/mol. The molecule has 1 amide bonds. The lowest BCUT2D eigenvalue weighted by atomic mass is 10.2. The van der Waals surface area contributed by atoms with Crippen LogP contribution in [0.4, 0.5) is 0 Å². The molecule has 1 atom stereocenters. The minimum atomic E-state index is -0.418. The van der Waals surface area contributed by atoms with Crippen LogP contribution in [-0.4, -0.2) is 39.0 Å². The Bertz CT molecular complexity index is 319. The third-order valence-corrected chi connectivity index (χ3v) is 2.41. The molecular formula is C12H21N3O3. The second-order valence-corrected chi connectivity index (χ2v) is 3.76. The largest absolute Gasteiger partial charge is 0.385 e. The molecule has 0 bridgehead atoms. The number of carbonyl (C=O) groups is 1. The van der Waals surface area contributed by atoms with E-state index in [4.69, 9.17) is 14.7 Å². The Morgan fingerprint density at radius 1 is 1.44 bits per heavy atom. The summed E-state index contributed by atoms with van der Waals surface area (Å²) in [5.41, 5.74) is 0.0289. The van der Waals surface area contributed by atoms with Gasteiger partial charge in [0.15, 0.2) is 6.29 Å². The van der Waals surface area contributed by atoms with Crippen LogP contribution in [0.3, 0.4) is 0 Å². The number of hydrogen-bond donors (Lipinski definition) is 2. The van der Waals surface area contributed by atoms with Gasteiger partial charge in [-0.1, -0.05) is 6.92 Å². The van der Waals surface area contributed by atoms with E-state index in [0.29, 0.717) is 6.54 Å². The van der Waals surface area contributed by atoms with Gasteiger partial charge in [-0.15, -0.1) is 0 Å². The molecule has 2 N–H and O–H groups in total. The Balaban J connectivity index is 4.32. The molecule has 6 nitrogen and oxygen atoms in total. The molecule has 0 aliphatic rings. The maximum absolute atomic E-state index is 11.7. The van der Waals surface area contributed by atoms with Gasteiger partial charge in [0.05, 0.1) is 6.54 Å². The van der Waals surface area contributed by atoms with E-state index in [1.807, 2.05) is 19.9 Å². The van der Waals surface area contributed by atoms with Gasteiger partial charge in [-0.3, -0.25) is 4.79 Å². The molecule has 0 fully saturated rings. The van der Waals surface area contributed by atoms with Crippen molar-refractivity contribution in [2.45, 2.75) is 32.6 Å². The SMILES string of the molecule is CCC(C)NC(=O)/C(C#N)=C\NCC(OC)OC. The van der Waals surface area contributed by atoms with Gasteiger partial charge in [-0.25, -0.2) is 0 Å². The Hall–Kier alpha value is -1.58. The molecule has 0 radical (unpaired) electrons. The number of ether oxygens (including phenoxy) is 2. The van der Waals surface area contributed by atoms with Gasteiger partial charge in [0.25, 0.3) is 5.91 Å². The summed E-state index contributed by atoms with van der Waals surface area (Å²) in [6.45, 7) is 4.20. The minimum absolute atomic E-state index is 0.0289. The summed E-state index contributed by atoms with van der Waals surface area (Å²) in [5, 5.41) is 14.4. The van der Waals surface area contributed by atoms with E-state index in [9.17, 15) is 4.79 Å². The van der Waals surface area contributed by atoms with Crippen molar-refractivity contribution in [2.75, 3.05) is 20.8 Å². The molecule has 0 aromatic carbocycles. The van der Waals surface area contributed by atoms with Gasteiger partial charge < -0.3 is 20.1 Å². The number of amides is 1. The lowest BCUT2D eigenvalue weighted by molar-refractivity contribution is -0.117. The molecule has 0 aliphatic heterocycles. The van der Waals surface area contributed by atoms with Crippen LogP contribution < -0.4 is 10.6 Å². The lowest BCUT2D eigenvalue weighted by Crippen LogP contribution is -2.34. The third kappa shape index (κ3) is 6.23. The first-order valence-corrected chi connectivity index (χ1v) is 5.79. The van der Waals surface area contributed by atoms with Gasteiger partial charge in [0.2, 0.25) is 0 Å². The number of nitriles is 1. The van der Waals surface area contributed by atoms with Crippen molar-refractivity contribution in [3.63, 3.8) is 0 Å². The second-order valence-electron chi connectivity index (χ2n) is 3.76. The van der Waals surface area contributed by atoms with E-state index in [-0.39, 0.29) is 17.5 Å². The summed E-state index contributed by atoms with van der Waals surface area (Å²) < 4.78 is 9.92. The highest BCUT2D eigenvalue weighted by molar-refractivity contribution is 5.97. The normalized spacial score (nSPS) is 13.0. The maximum atomic E-state index is 11.7. The zero-order valence-corrected chi connectivity index (χ0v) is 11.3. The number of rotatable bonds is 8. The summed E-state index contributed by atoms with van der Waals surface area (Å²) in [7, 11) is 3.03. The first kappa shape index (κ1) is 16.4. The molecule has 0 saturated heterocycles. The average molecular weight is 255 g/mol. The van der Waals surface area contributed by atoms with E-state index in [2.05, 4.69) is 10.6 Å². The Morgan fingerprint density at radius 3 is 2.50 bits per heavy atom. The van der Waals surface area contributed by atoms with Gasteiger partial charge in [-0.2, -0.15) is 5.26 Å². The Morgan fingerprint density at radius 2 is 2.06 bits per heavy atom. The Labute approximate surface area is 108 Å². The van der Waals surface area contributed by atoms with Gasteiger partial charge in [-0.05, 0) is 13.3 Å². The average Bonchev–Trinajstić information content (AvgIpc) is 2.38. The molecular weight excluding hydrogens is 234 g/mol. The topological polar surface area (TPSA) is 83.4 Å². The van der Waals surface area contributed by atoms with Crippen LogP contribution in [0.25, 0.3) is 0 Å². The highest BCUT2D eigenvalue weighted by atomic mass is 16.7. The van der Waals surface area contributed by atoms with Gasteiger partial charge in [0, 0.05) is 26.5 Å². The quantitative estimate of drug-likeness (QED) is 0.375. The van der Waals surface area contributed by atoms with Crippen LogP contribution in [0.2, 0.25) is 0 Å². The van der Waals surface area contributed by atoms with Gasteiger partial charge >= 0.3 is 0 Å². The van der Waals surface area contributed by atoms with Crippen molar-refractivity contribution in [1.29, 1.82) is 5.26 Å². The third-order valence-electron chi connectivity index (χ3n) is 2.41. The molecule has 0 heterocycles. The zero-order valence-electron chi connectivity index (χ0n) is 11.3. The zero-order chi connectivity index (χ0) is 14.0. The molecule has 0 aromatic heterocycles. The summed E-state index contributed by atoms with van der Waals surface area (Å²) in [6.07, 6.45) is 1.76. The van der Waals surface area contributed by atoms with Crippen molar-refractivity contribution >= 4 is 5.91 Å². The van der Waals surface area contributed by atoms with Crippen LogP contribution in [-0.2, 0) is 14.3 Å². The van der Waals surface area contributed by atoms with Gasteiger partial charge in [0.1, 0.15) is 11.6 Å². The van der Waals surface area contributed by atoms with E-state index in [1.54, 1.807) is 0 Å². The molecule has 1 unspecified atom stereocenters. The van der Waals surface area contributed by atoms with Crippen LogP contribution in [0, 0.1) is 11.3 Å². The predicted octanol–water partition coefficient (Wildman–Crippen LogP) is 0.517. The van der Waals surface area contributed by atoms with E-state index >= 15 is 0 Å². The smallest absolute Gasteiger partial charge is 0.263 e. The van der Waals surface area contributed by atoms with Crippen LogP contribution in [0.5, 0.6) is 0 Å². The number of methoxy groups -OCH3 is 2. The highest BCUT2D eigenvalue weighted by Crippen LogP contribution is 1.95. The maximum Gasteiger partial charge on any atom is 0.263 e.